The molecule has 0 saturated heterocycles. The average molecular weight is 250 g/mol. The van der Waals surface area contributed by atoms with Crippen LogP contribution in [0.3, 0.4) is 0 Å². The van der Waals surface area contributed by atoms with Crippen LogP contribution in [0.5, 0.6) is 0 Å². The van der Waals surface area contributed by atoms with Crippen molar-refractivity contribution in [2.24, 2.45) is 18.7 Å². The molecule has 0 spiro atoms. The summed E-state index contributed by atoms with van der Waals surface area (Å²) in [5.41, 5.74) is 6.71. The van der Waals surface area contributed by atoms with E-state index in [-0.39, 0.29) is 11.9 Å². The Labute approximate surface area is 108 Å². The van der Waals surface area contributed by atoms with Gasteiger partial charge < -0.3 is 11.1 Å². The lowest BCUT2D eigenvalue weighted by Gasteiger charge is -2.30. The van der Waals surface area contributed by atoms with Crippen LogP contribution in [-0.2, 0) is 11.8 Å². The summed E-state index contributed by atoms with van der Waals surface area (Å²) in [5.74, 6) is 0.450. The van der Waals surface area contributed by atoms with E-state index in [1.54, 1.807) is 17.1 Å². The van der Waals surface area contributed by atoms with Gasteiger partial charge >= 0.3 is 0 Å². The van der Waals surface area contributed by atoms with Crippen molar-refractivity contribution in [2.45, 2.75) is 44.7 Å². The minimum absolute atomic E-state index is 0.0956. The van der Waals surface area contributed by atoms with Crippen LogP contribution in [0.1, 0.15) is 44.2 Å². The molecule has 1 heterocycles. The van der Waals surface area contributed by atoms with Crippen molar-refractivity contribution in [1.29, 1.82) is 0 Å². The van der Waals surface area contributed by atoms with Gasteiger partial charge in [0, 0.05) is 24.8 Å². The topological polar surface area (TPSA) is 72.9 Å². The van der Waals surface area contributed by atoms with Gasteiger partial charge in [0.05, 0.1) is 6.20 Å². The second-order valence-electron chi connectivity index (χ2n) is 5.30. The number of amides is 1. The predicted molar refractivity (Wildman–Crippen MR) is 69.7 cm³/mol. The van der Waals surface area contributed by atoms with Crippen molar-refractivity contribution in [1.82, 2.24) is 15.1 Å². The SMILES string of the molecule is CC1CCCCC1NC(=O)C(N)c1cnn(C)c1. The van der Waals surface area contributed by atoms with E-state index in [1.165, 1.54) is 19.3 Å². The number of rotatable bonds is 3. The Kier molecular flexibility index (Phi) is 4.01. The Morgan fingerprint density at radius 2 is 2.28 bits per heavy atom. The van der Waals surface area contributed by atoms with E-state index in [0.717, 1.165) is 12.0 Å². The summed E-state index contributed by atoms with van der Waals surface area (Å²) in [6.07, 6.45) is 8.14. The summed E-state index contributed by atoms with van der Waals surface area (Å²) < 4.78 is 1.66. The Morgan fingerprint density at radius 3 is 2.89 bits per heavy atom. The molecule has 1 saturated carbocycles. The van der Waals surface area contributed by atoms with Crippen LogP contribution in [0.4, 0.5) is 0 Å². The molecule has 0 aliphatic heterocycles. The maximum absolute atomic E-state index is 12.1. The minimum atomic E-state index is -0.618. The highest BCUT2D eigenvalue weighted by Gasteiger charge is 2.25. The largest absolute Gasteiger partial charge is 0.351 e. The standard InChI is InChI=1S/C13H22N4O/c1-9-5-3-4-6-11(9)16-13(18)12(14)10-7-15-17(2)8-10/h7-9,11-12H,3-6,14H2,1-2H3,(H,16,18). The fourth-order valence-corrected chi connectivity index (χ4v) is 2.56. The lowest BCUT2D eigenvalue weighted by atomic mass is 9.86. The van der Waals surface area contributed by atoms with Crippen LogP contribution in [-0.4, -0.2) is 21.7 Å². The summed E-state index contributed by atoms with van der Waals surface area (Å²) in [5, 5.41) is 7.11. The third-order valence-electron chi connectivity index (χ3n) is 3.81. The van der Waals surface area contributed by atoms with Crippen molar-refractivity contribution in [2.75, 3.05) is 0 Å². The van der Waals surface area contributed by atoms with Crippen LogP contribution in [0.2, 0.25) is 0 Å². The van der Waals surface area contributed by atoms with Crippen molar-refractivity contribution in [3.05, 3.63) is 18.0 Å². The van der Waals surface area contributed by atoms with Crippen molar-refractivity contribution in [3.8, 4) is 0 Å². The number of carbonyl (C=O) groups is 1. The van der Waals surface area contributed by atoms with E-state index in [2.05, 4.69) is 17.3 Å². The molecule has 1 aliphatic carbocycles. The van der Waals surface area contributed by atoms with Gasteiger partial charge in [-0.3, -0.25) is 9.48 Å². The van der Waals surface area contributed by atoms with Crippen LogP contribution in [0.15, 0.2) is 12.4 Å². The first-order valence-electron chi connectivity index (χ1n) is 6.62. The number of nitrogens with one attached hydrogen (secondary N) is 1. The predicted octanol–water partition coefficient (Wildman–Crippen LogP) is 1.11. The van der Waals surface area contributed by atoms with Gasteiger partial charge in [-0.05, 0) is 18.8 Å². The summed E-state index contributed by atoms with van der Waals surface area (Å²) in [6.45, 7) is 2.19. The van der Waals surface area contributed by atoms with E-state index in [0.29, 0.717) is 5.92 Å². The molecule has 1 amide bonds. The van der Waals surface area contributed by atoms with Crippen molar-refractivity contribution < 1.29 is 4.79 Å². The second-order valence-corrected chi connectivity index (χ2v) is 5.30. The molecule has 1 aromatic rings. The number of aromatic nitrogens is 2. The molecule has 1 aliphatic rings. The summed E-state index contributed by atoms with van der Waals surface area (Å²) in [6, 6.07) is -0.346. The zero-order valence-corrected chi connectivity index (χ0v) is 11.1. The van der Waals surface area contributed by atoms with Crippen molar-refractivity contribution in [3.63, 3.8) is 0 Å². The number of nitrogens with two attached hydrogens (primary N) is 1. The van der Waals surface area contributed by atoms with Gasteiger partial charge in [0.15, 0.2) is 0 Å². The number of carbonyl (C=O) groups excluding carboxylic acids is 1. The highest BCUT2D eigenvalue weighted by molar-refractivity contribution is 5.83. The minimum Gasteiger partial charge on any atom is -0.351 e. The maximum Gasteiger partial charge on any atom is 0.241 e. The zero-order valence-electron chi connectivity index (χ0n) is 11.1. The Hall–Kier alpha value is -1.36. The van der Waals surface area contributed by atoms with Gasteiger partial charge in [-0.15, -0.1) is 0 Å². The number of aryl methyl sites for hydroxylation is 1. The third-order valence-corrected chi connectivity index (χ3v) is 3.81. The molecule has 100 valence electrons. The van der Waals surface area contributed by atoms with E-state index in [1.807, 2.05) is 7.05 Å². The molecule has 1 aromatic heterocycles. The lowest BCUT2D eigenvalue weighted by molar-refractivity contribution is -0.123. The number of nitrogens with zero attached hydrogens (tertiary/aromatic N) is 2. The highest BCUT2D eigenvalue weighted by atomic mass is 16.2. The van der Waals surface area contributed by atoms with Gasteiger partial charge in [0.25, 0.3) is 0 Å². The summed E-state index contributed by atoms with van der Waals surface area (Å²) in [7, 11) is 1.82. The molecule has 5 nitrogen and oxygen atoms in total. The Bertz CT molecular complexity index is 415. The monoisotopic (exact) mass is 250 g/mol. The smallest absolute Gasteiger partial charge is 0.241 e. The molecule has 18 heavy (non-hydrogen) atoms. The Balaban J connectivity index is 1.94. The molecule has 2 rings (SSSR count). The first kappa shape index (κ1) is 13.1. The zero-order chi connectivity index (χ0) is 13.1. The fraction of sp³-hybridized carbons (Fsp3) is 0.692. The molecular formula is C13H22N4O. The molecule has 0 bridgehead atoms. The molecule has 3 unspecified atom stereocenters. The first-order valence-corrected chi connectivity index (χ1v) is 6.62. The lowest BCUT2D eigenvalue weighted by Crippen LogP contribution is -2.45. The summed E-state index contributed by atoms with van der Waals surface area (Å²) >= 11 is 0. The van der Waals surface area contributed by atoms with Crippen LogP contribution in [0, 0.1) is 5.92 Å². The van der Waals surface area contributed by atoms with E-state index in [9.17, 15) is 4.79 Å². The molecule has 1 fully saturated rings. The van der Waals surface area contributed by atoms with Gasteiger partial charge in [-0.25, -0.2) is 0 Å². The maximum atomic E-state index is 12.1. The number of hydrogen-bond donors (Lipinski definition) is 2. The summed E-state index contributed by atoms with van der Waals surface area (Å²) in [4.78, 5) is 12.1. The molecular weight excluding hydrogens is 228 g/mol. The number of hydrogen-bond acceptors (Lipinski definition) is 3. The molecule has 0 aromatic carbocycles. The van der Waals surface area contributed by atoms with Crippen molar-refractivity contribution >= 4 is 5.91 Å². The van der Waals surface area contributed by atoms with Crippen LogP contribution >= 0.6 is 0 Å². The molecule has 0 radical (unpaired) electrons. The Morgan fingerprint density at radius 1 is 1.56 bits per heavy atom. The van der Waals surface area contributed by atoms with Gasteiger partial charge in [-0.2, -0.15) is 5.10 Å². The third kappa shape index (κ3) is 2.90. The molecule has 3 atom stereocenters. The van der Waals surface area contributed by atoms with E-state index >= 15 is 0 Å². The normalized spacial score (nSPS) is 25.7. The second kappa shape index (κ2) is 5.52. The highest BCUT2D eigenvalue weighted by Crippen LogP contribution is 2.24. The molecule has 3 N–H and O–H groups in total. The fourth-order valence-electron chi connectivity index (χ4n) is 2.56. The average Bonchev–Trinajstić information content (AvgIpc) is 2.78. The van der Waals surface area contributed by atoms with Crippen LogP contribution < -0.4 is 11.1 Å². The van der Waals surface area contributed by atoms with Gasteiger partial charge in [0.1, 0.15) is 6.04 Å². The van der Waals surface area contributed by atoms with Gasteiger partial charge in [-0.1, -0.05) is 19.8 Å². The molecule has 5 heteroatoms. The first-order chi connectivity index (χ1) is 8.58. The quantitative estimate of drug-likeness (QED) is 0.844. The van der Waals surface area contributed by atoms with E-state index < -0.39 is 6.04 Å². The van der Waals surface area contributed by atoms with Gasteiger partial charge in [0.2, 0.25) is 5.91 Å². The van der Waals surface area contributed by atoms with E-state index in [4.69, 9.17) is 5.73 Å². The van der Waals surface area contributed by atoms with Crippen LogP contribution in [0.25, 0.3) is 0 Å².